The maximum Gasteiger partial charge on any atom is 0.116 e. The molecule has 3 aromatic rings. The van der Waals surface area contributed by atoms with Crippen LogP contribution in [0.1, 0.15) is 0 Å². The third-order valence-corrected chi connectivity index (χ3v) is 2.40. The lowest BCUT2D eigenvalue weighted by Gasteiger charge is -2.00. The van der Waals surface area contributed by atoms with Gasteiger partial charge < -0.3 is 0 Å². The summed E-state index contributed by atoms with van der Waals surface area (Å²) in [6.45, 7) is 0. The molecule has 0 aliphatic carbocycles. The average Bonchev–Trinajstić information content (AvgIpc) is 2.29. The van der Waals surface area contributed by atoms with Gasteiger partial charge in [-0.05, 0) is 5.39 Å². The Labute approximate surface area is 87.4 Å². The van der Waals surface area contributed by atoms with Gasteiger partial charge in [0.2, 0.25) is 0 Å². The predicted octanol–water partition coefficient (Wildman–Crippen LogP) is 2.30. The second-order valence-corrected chi connectivity index (χ2v) is 3.25. The zero-order chi connectivity index (χ0) is 9.38. The second-order valence-electron chi connectivity index (χ2n) is 3.25. The lowest BCUT2D eigenvalue weighted by Crippen LogP contribution is -1.82. The van der Waals surface area contributed by atoms with E-state index >= 15 is 0 Å². The SMILES string of the molecule is [N].c1ccc2c(c1)ccc1cncnc12. The highest BCUT2D eigenvalue weighted by atomic mass is 14.8. The van der Waals surface area contributed by atoms with E-state index < -0.39 is 0 Å². The van der Waals surface area contributed by atoms with Gasteiger partial charge in [0.25, 0.3) is 0 Å². The van der Waals surface area contributed by atoms with E-state index in [1.54, 1.807) is 6.33 Å². The van der Waals surface area contributed by atoms with E-state index in [1.807, 2.05) is 18.3 Å². The molecule has 0 saturated carbocycles. The van der Waals surface area contributed by atoms with Crippen LogP contribution in [0.25, 0.3) is 21.7 Å². The molecule has 0 aliphatic rings. The van der Waals surface area contributed by atoms with Crippen LogP contribution in [0.4, 0.5) is 0 Å². The van der Waals surface area contributed by atoms with Gasteiger partial charge in [0.05, 0.1) is 5.52 Å². The number of hydrogen-bond acceptors (Lipinski definition) is 2. The van der Waals surface area contributed by atoms with Gasteiger partial charge in [-0.3, -0.25) is 0 Å². The smallest absolute Gasteiger partial charge is 0.116 e. The first-order chi connectivity index (χ1) is 6.95. The lowest BCUT2D eigenvalue weighted by molar-refractivity contribution is 1.23. The Morgan fingerprint density at radius 2 is 1.67 bits per heavy atom. The Bertz CT molecular complexity index is 550. The van der Waals surface area contributed by atoms with E-state index in [-0.39, 0.29) is 6.15 Å². The molecule has 0 saturated heterocycles. The maximum atomic E-state index is 4.30. The fraction of sp³-hybridized carbons (Fsp3) is 0. The van der Waals surface area contributed by atoms with Gasteiger partial charge in [0.15, 0.2) is 0 Å². The highest BCUT2D eigenvalue weighted by Gasteiger charge is 1.99. The molecule has 3 nitrogen and oxygen atoms in total. The standard InChI is InChI=1S/C12H8N2.N/c1-2-4-11-9(3-1)5-6-10-7-13-8-14-12(10)11;/h1-8H;. The van der Waals surface area contributed by atoms with Crippen molar-refractivity contribution in [3.63, 3.8) is 0 Å². The molecular weight excluding hydrogens is 186 g/mol. The molecule has 2 aromatic carbocycles. The first-order valence-electron chi connectivity index (χ1n) is 4.52. The molecule has 15 heavy (non-hydrogen) atoms. The number of aromatic nitrogens is 2. The molecule has 0 spiro atoms. The quantitative estimate of drug-likeness (QED) is 0.515. The minimum absolute atomic E-state index is 0. The van der Waals surface area contributed by atoms with E-state index in [0.717, 1.165) is 10.9 Å². The normalized spacial score (nSPS) is 10.1. The van der Waals surface area contributed by atoms with Crippen molar-refractivity contribution in [2.45, 2.75) is 0 Å². The van der Waals surface area contributed by atoms with Crippen LogP contribution in [0.5, 0.6) is 0 Å². The Hall–Kier alpha value is -2.00. The van der Waals surface area contributed by atoms with Crippen LogP contribution in [0.15, 0.2) is 48.9 Å². The van der Waals surface area contributed by atoms with Gasteiger partial charge in [0.1, 0.15) is 6.33 Å². The monoisotopic (exact) mass is 194 g/mol. The van der Waals surface area contributed by atoms with E-state index in [9.17, 15) is 0 Å². The van der Waals surface area contributed by atoms with Gasteiger partial charge in [-0.15, -0.1) is 0 Å². The highest BCUT2D eigenvalue weighted by molar-refractivity contribution is 6.04. The summed E-state index contributed by atoms with van der Waals surface area (Å²) in [7, 11) is 0. The Morgan fingerprint density at radius 1 is 0.867 bits per heavy atom. The third kappa shape index (κ3) is 1.43. The third-order valence-electron chi connectivity index (χ3n) is 2.40. The second kappa shape index (κ2) is 3.63. The fourth-order valence-corrected chi connectivity index (χ4v) is 1.72. The van der Waals surface area contributed by atoms with Gasteiger partial charge in [-0.1, -0.05) is 36.4 Å². The van der Waals surface area contributed by atoms with Crippen molar-refractivity contribution in [1.82, 2.24) is 16.1 Å². The summed E-state index contributed by atoms with van der Waals surface area (Å²) in [4.78, 5) is 8.31. The molecule has 0 fully saturated rings. The predicted molar refractivity (Wildman–Crippen MR) is 59.2 cm³/mol. The molecule has 0 unspecified atom stereocenters. The molecule has 0 bridgehead atoms. The first kappa shape index (κ1) is 9.55. The highest BCUT2D eigenvalue weighted by Crippen LogP contribution is 2.21. The fourth-order valence-electron chi connectivity index (χ4n) is 1.72. The minimum Gasteiger partial charge on any atom is -0.244 e. The zero-order valence-corrected chi connectivity index (χ0v) is 7.96. The van der Waals surface area contributed by atoms with Gasteiger partial charge in [0, 0.05) is 23.1 Å². The molecule has 71 valence electrons. The van der Waals surface area contributed by atoms with Crippen molar-refractivity contribution in [3.8, 4) is 0 Å². The summed E-state index contributed by atoms with van der Waals surface area (Å²) in [6, 6.07) is 12.4. The summed E-state index contributed by atoms with van der Waals surface area (Å²) >= 11 is 0. The van der Waals surface area contributed by atoms with E-state index in [4.69, 9.17) is 0 Å². The van der Waals surface area contributed by atoms with Crippen molar-refractivity contribution in [1.29, 1.82) is 0 Å². The van der Waals surface area contributed by atoms with E-state index in [2.05, 4.69) is 34.2 Å². The number of benzene rings is 2. The van der Waals surface area contributed by atoms with Crippen molar-refractivity contribution in [2.24, 2.45) is 0 Å². The number of rotatable bonds is 0. The first-order valence-corrected chi connectivity index (χ1v) is 4.52. The van der Waals surface area contributed by atoms with Gasteiger partial charge in [-0.25, -0.2) is 9.97 Å². The number of fused-ring (bicyclic) bond motifs is 3. The summed E-state index contributed by atoms with van der Waals surface area (Å²) in [5.41, 5.74) is 1.03. The Morgan fingerprint density at radius 3 is 2.60 bits per heavy atom. The molecule has 3 radical (unpaired) electrons. The molecule has 1 aromatic heterocycles. The average molecular weight is 194 g/mol. The van der Waals surface area contributed by atoms with Crippen LogP contribution in [0, 0.1) is 0 Å². The lowest BCUT2D eigenvalue weighted by atomic mass is 10.1. The zero-order valence-electron chi connectivity index (χ0n) is 7.96. The number of nitrogens with zero attached hydrogens (tertiary/aromatic N) is 3. The van der Waals surface area contributed by atoms with Crippen molar-refractivity contribution in [2.75, 3.05) is 0 Å². The molecule has 3 heteroatoms. The summed E-state index contributed by atoms with van der Waals surface area (Å²) in [5.74, 6) is 0. The molecule has 0 atom stereocenters. The molecule has 0 aliphatic heterocycles. The Balaban J connectivity index is 0.000000853. The van der Waals surface area contributed by atoms with Gasteiger partial charge in [-0.2, -0.15) is 0 Å². The van der Waals surface area contributed by atoms with Crippen LogP contribution >= 0.6 is 0 Å². The summed E-state index contributed by atoms with van der Waals surface area (Å²) in [5, 5.41) is 3.50. The molecule has 3 rings (SSSR count). The molecule has 0 N–H and O–H groups in total. The van der Waals surface area contributed by atoms with Crippen molar-refractivity contribution < 1.29 is 0 Å². The summed E-state index contributed by atoms with van der Waals surface area (Å²) in [6.07, 6.45) is 3.43. The molecule has 1 heterocycles. The van der Waals surface area contributed by atoms with Gasteiger partial charge >= 0.3 is 0 Å². The van der Waals surface area contributed by atoms with Crippen molar-refractivity contribution >= 4 is 21.7 Å². The van der Waals surface area contributed by atoms with Crippen molar-refractivity contribution in [3.05, 3.63) is 48.9 Å². The molecular formula is C12H8N3. The largest absolute Gasteiger partial charge is 0.244 e. The van der Waals surface area contributed by atoms with Crippen LogP contribution in [0.3, 0.4) is 0 Å². The van der Waals surface area contributed by atoms with E-state index in [0.29, 0.717) is 0 Å². The van der Waals surface area contributed by atoms with Crippen LogP contribution < -0.4 is 6.15 Å². The minimum atomic E-state index is 0. The van der Waals surface area contributed by atoms with Crippen LogP contribution in [0.2, 0.25) is 0 Å². The van der Waals surface area contributed by atoms with Crippen LogP contribution in [-0.4, -0.2) is 9.97 Å². The molecule has 0 amide bonds. The maximum absolute atomic E-state index is 4.30. The summed E-state index contributed by atoms with van der Waals surface area (Å²) < 4.78 is 0. The van der Waals surface area contributed by atoms with Crippen LogP contribution in [-0.2, 0) is 0 Å². The number of hydrogen-bond donors (Lipinski definition) is 0. The Kier molecular flexibility index (Phi) is 2.31. The topological polar surface area (TPSA) is 56.3 Å². The van der Waals surface area contributed by atoms with E-state index in [1.165, 1.54) is 10.8 Å².